The molecule has 0 saturated heterocycles. The Morgan fingerprint density at radius 3 is 2.24 bits per heavy atom. The van der Waals surface area contributed by atoms with Crippen molar-refractivity contribution in [3.63, 3.8) is 0 Å². The monoisotopic (exact) mass is 348 g/mol. The van der Waals surface area contributed by atoms with Gasteiger partial charge in [0.2, 0.25) is 0 Å². The second-order valence-electron chi connectivity index (χ2n) is 5.00. The van der Waals surface area contributed by atoms with Gasteiger partial charge in [0.1, 0.15) is 17.5 Å². The number of hydrogen-bond donors (Lipinski definition) is 2. The molecule has 2 aromatic rings. The third kappa shape index (κ3) is 4.43. The number of benzene rings is 1. The summed E-state index contributed by atoms with van der Waals surface area (Å²) >= 11 is 3.45. The Balaban J connectivity index is 2.11. The minimum atomic E-state index is 0.748. The number of anilines is 2. The predicted octanol–water partition coefficient (Wildman–Crippen LogP) is 4.29. The molecular formula is C16H21BrN4. The molecule has 0 radical (unpaired) electrons. The minimum absolute atomic E-state index is 0.748. The Bertz CT molecular complexity index is 596. The van der Waals surface area contributed by atoms with Crippen molar-refractivity contribution in [3.05, 3.63) is 45.7 Å². The Hall–Kier alpha value is -1.62. The van der Waals surface area contributed by atoms with E-state index < -0.39 is 0 Å². The summed E-state index contributed by atoms with van der Waals surface area (Å²) in [5.41, 5.74) is 2.28. The summed E-state index contributed by atoms with van der Waals surface area (Å²) in [6.07, 6.45) is 1.07. The smallest absolute Gasteiger partial charge is 0.135 e. The second kappa shape index (κ2) is 7.41. The van der Waals surface area contributed by atoms with Gasteiger partial charge in [0, 0.05) is 23.1 Å². The molecule has 2 rings (SSSR count). The van der Waals surface area contributed by atoms with Gasteiger partial charge in [-0.15, -0.1) is 0 Å². The predicted molar refractivity (Wildman–Crippen MR) is 91.8 cm³/mol. The number of halogens is 1. The highest BCUT2D eigenvalue weighted by Crippen LogP contribution is 2.20. The number of aryl methyl sites for hydroxylation is 1. The summed E-state index contributed by atoms with van der Waals surface area (Å²) in [5.74, 6) is 2.59. The molecule has 0 saturated carbocycles. The van der Waals surface area contributed by atoms with Crippen LogP contribution in [0.25, 0.3) is 0 Å². The van der Waals surface area contributed by atoms with Gasteiger partial charge in [-0.05, 0) is 38.0 Å². The van der Waals surface area contributed by atoms with Crippen LogP contribution in [0.5, 0.6) is 0 Å². The van der Waals surface area contributed by atoms with Gasteiger partial charge in [-0.2, -0.15) is 0 Å². The molecule has 1 aromatic carbocycles. The van der Waals surface area contributed by atoms with Crippen LogP contribution >= 0.6 is 15.9 Å². The normalized spacial score (nSPS) is 10.5. The standard InChI is InChI=1S/C16H21BrN4/c1-4-9-18-15-11(2)16(21-12(3)20-15)19-10-13-5-7-14(17)8-6-13/h5-8H,4,9-10H2,1-3H3,(H2,18,19,20,21). The van der Waals surface area contributed by atoms with Crippen LogP contribution < -0.4 is 10.6 Å². The van der Waals surface area contributed by atoms with E-state index in [1.165, 1.54) is 5.56 Å². The van der Waals surface area contributed by atoms with Crippen molar-refractivity contribution < 1.29 is 0 Å². The van der Waals surface area contributed by atoms with Crippen LogP contribution in [-0.2, 0) is 6.54 Å². The topological polar surface area (TPSA) is 49.8 Å². The van der Waals surface area contributed by atoms with Gasteiger partial charge in [-0.1, -0.05) is 35.0 Å². The fraction of sp³-hybridized carbons (Fsp3) is 0.375. The minimum Gasteiger partial charge on any atom is -0.370 e. The van der Waals surface area contributed by atoms with Crippen molar-refractivity contribution in [2.24, 2.45) is 0 Å². The molecule has 4 nitrogen and oxygen atoms in total. The third-order valence-electron chi connectivity index (χ3n) is 3.17. The van der Waals surface area contributed by atoms with Gasteiger partial charge in [0.05, 0.1) is 0 Å². The van der Waals surface area contributed by atoms with Gasteiger partial charge in [-0.25, -0.2) is 9.97 Å². The fourth-order valence-electron chi connectivity index (χ4n) is 2.00. The lowest BCUT2D eigenvalue weighted by molar-refractivity contribution is 0.942. The average molecular weight is 349 g/mol. The zero-order chi connectivity index (χ0) is 15.2. The molecule has 0 atom stereocenters. The highest BCUT2D eigenvalue weighted by molar-refractivity contribution is 9.10. The summed E-state index contributed by atoms with van der Waals surface area (Å²) in [7, 11) is 0. The summed E-state index contributed by atoms with van der Waals surface area (Å²) in [4.78, 5) is 8.97. The molecule has 1 heterocycles. The molecule has 0 amide bonds. The molecule has 0 unspecified atom stereocenters. The molecule has 2 N–H and O–H groups in total. The lowest BCUT2D eigenvalue weighted by Gasteiger charge is -2.14. The highest BCUT2D eigenvalue weighted by Gasteiger charge is 2.08. The number of nitrogens with one attached hydrogen (secondary N) is 2. The summed E-state index contributed by atoms with van der Waals surface area (Å²) < 4.78 is 1.09. The SMILES string of the molecule is CCCNc1nc(C)nc(NCc2ccc(Br)cc2)c1C. The third-order valence-corrected chi connectivity index (χ3v) is 3.70. The zero-order valence-electron chi connectivity index (χ0n) is 12.7. The number of aromatic nitrogens is 2. The molecule has 0 fully saturated rings. The van der Waals surface area contributed by atoms with Crippen molar-refractivity contribution in [2.45, 2.75) is 33.7 Å². The van der Waals surface area contributed by atoms with Gasteiger partial charge >= 0.3 is 0 Å². The molecule has 5 heteroatoms. The van der Waals surface area contributed by atoms with E-state index in [0.29, 0.717) is 0 Å². The lowest BCUT2D eigenvalue weighted by atomic mass is 10.2. The molecule has 0 aliphatic carbocycles. The van der Waals surface area contributed by atoms with E-state index in [4.69, 9.17) is 0 Å². The maximum absolute atomic E-state index is 4.50. The van der Waals surface area contributed by atoms with E-state index in [9.17, 15) is 0 Å². The lowest BCUT2D eigenvalue weighted by Crippen LogP contribution is -2.10. The quantitative estimate of drug-likeness (QED) is 0.817. The second-order valence-corrected chi connectivity index (χ2v) is 5.92. The van der Waals surface area contributed by atoms with Crippen LogP contribution in [0, 0.1) is 13.8 Å². The van der Waals surface area contributed by atoms with Gasteiger partial charge in [-0.3, -0.25) is 0 Å². The maximum atomic E-state index is 4.50. The Labute approximate surface area is 134 Å². The van der Waals surface area contributed by atoms with Crippen molar-refractivity contribution in [3.8, 4) is 0 Å². The van der Waals surface area contributed by atoms with Crippen molar-refractivity contribution in [1.29, 1.82) is 0 Å². The first kappa shape index (κ1) is 15.8. The van der Waals surface area contributed by atoms with Gasteiger partial charge in [0.15, 0.2) is 0 Å². The van der Waals surface area contributed by atoms with Crippen LogP contribution in [-0.4, -0.2) is 16.5 Å². The molecular weight excluding hydrogens is 328 g/mol. The largest absolute Gasteiger partial charge is 0.370 e. The van der Waals surface area contributed by atoms with E-state index in [2.05, 4.69) is 55.6 Å². The Morgan fingerprint density at radius 1 is 1.00 bits per heavy atom. The first-order valence-electron chi connectivity index (χ1n) is 7.17. The molecule has 1 aromatic heterocycles. The maximum Gasteiger partial charge on any atom is 0.135 e. The van der Waals surface area contributed by atoms with Crippen LogP contribution in [0.2, 0.25) is 0 Å². The molecule has 21 heavy (non-hydrogen) atoms. The first-order valence-corrected chi connectivity index (χ1v) is 7.97. The number of rotatable bonds is 6. The Kier molecular flexibility index (Phi) is 5.56. The highest BCUT2D eigenvalue weighted by atomic mass is 79.9. The van der Waals surface area contributed by atoms with Crippen LogP contribution in [0.15, 0.2) is 28.7 Å². The van der Waals surface area contributed by atoms with Gasteiger partial charge in [0.25, 0.3) is 0 Å². The van der Waals surface area contributed by atoms with E-state index >= 15 is 0 Å². The molecule has 0 aliphatic rings. The van der Waals surface area contributed by atoms with Crippen LogP contribution in [0.3, 0.4) is 0 Å². The number of nitrogens with zero attached hydrogens (tertiary/aromatic N) is 2. The van der Waals surface area contributed by atoms with E-state index in [1.54, 1.807) is 0 Å². The van der Waals surface area contributed by atoms with E-state index in [1.807, 2.05) is 26.0 Å². The fourth-order valence-corrected chi connectivity index (χ4v) is 2.27. The number of hydrogen-bond acceptors (Lipinski definition) is 4. The molecule has 0 bridgehead atoms. The first-order chi connectivity index (χ1) is 10.1. The van der Waals surface area contributed by atoms with E-state index in [0.717, 1.165) is 47.0 Å². The van der Waals surface area contributed by atoms with Crippen molar-refractivity contribution >= 4 is 27.6 Å². The Morgan fingerprint density at radius 2 is 1.62 bits per heavy atom. The molecule has 0 spiro atoms. The molecule has 0 aliphatic heterocycles. The van der Waals surface area contributed by atoms with E-state index in [-0.39, 0.29) is 0 Å². The average Bonchev–Trinajstić information content (AvgIpc) is 2.48. The molecule has 112 valence electrons. The van der Waals surface area contributed by atoms with Crippen molar-refractivity contribution in [2.75, 3.05) is 17.2 Å². The summed E-state index contributed by atoms with van der Waals surface area (Å²) in [6.45, 7) is 7.77. The van der Waals surface area contributed by atoms with Crippen molar-refractivity contribution in [1.82, 2.24) is 9.97 Å². The summed E-state index contributed by atoms with van der Waals surface area (Å²) in [5, 5.41) is 6.75. The summed E-state index contributed by atoms with van der Waals surface area (Å²) in [6, 6.07) is 8.28. The van der Waals surface area contributed by atoms with Crippen LogP contribution in [0.1, 0.15) is 30.3 Å². The van der Waals surface area contributed by atoms with Crippen LogP contribution in [0.4, 0.5) is 11.6 Å². The van der Waals surface area contributed by atoms with Gasteiger partial charge < -0.3 is 10.6 Å². The zero-order valence-corrected chi connectivity index (χ0v) is 14.3.